The van der Waals surface area contributed by atoms with E-state index in [4.69, 9.17) is 0 Å². The molecule has 2 unspecified atom stereocenters. The fraction of sp³-hybridized carbons (Fsp3) is 1.00. The molecule has 2 atom stereocenters. The molecule has 0 aromatic rings. The van der Waals surface area contributed by atoms with Crippen molar-refractivity contribution in [1.29, 1.82) is 0 Å². The second-order valence-corrected chi connectivity index (χ2v) is 6.59. The Morgan fingerprint density at radius 3 is 2.28 bits per heavy atom. The van der Waals surface area contributed by atoms with Gasteiger partial charge in [-0.25, -0.2) is 0 Å². The number of rotatable bonds is 8. The summed E-state index contributed by atoms with van der Waals surface area (Å²) in [5.41, 5.74) is 0.300. The first kappa shape index (κ1) is 16.0. The highest BCUT2D eigenvalue weighted by Gasteiger charge is 2.36. The number of likely N-dealkylation sites (tertiary alicyclic amines) is 1. The molecule has 0 amide bonds. The smallest absolute Gasteiger partial charge is 0.0306 e. The standard InChI is InChI=1S/C16H34N2/c1-6-10-14(3)13-15(17-7-2)16(4,5)18-11-8-9-12-18/h14-15,17H,6-13H2,1-5H3. The minimum absolute atomic E-state index is 0.300. The van der Waals surface area contributed by atoms with Crippen LogP contribution in [0, 0.1) is 5.92 Å². The molecular weight excluding hydrogens is 220 g/mol. The van der Waals surface area contributed by atoms with Crippen LogP contribution in [0.1, 0.15) is 66.7 Å². The summed E-state index contributed by atoms with van der Waals surface area (Å²) in [6, 6.07) is 0.627. The van der Waals surface area contributed by atoms with E-state index in [0.717, 1.165) is 12.5 Å². The third-order valence-corrected chi connectivity index (χ3v) is 4.64. The van der Waals surface area contributed by atoms with Crippen LogP contribution in [0.5, 0.6) is 0 Å². The molecule has 0 spiro atoms. The molecule has 0 aliphatic carbocycles. The van der Waals surface area contributed by atoms with E-state index in [0.29, 0.717) is 11.6 Å². The van der Waals surface area contributed by atoms with Gasteiger partial charge < -0.3 is 5.32 Å². The van der Waals surface area contributed by atoms with Crippen LogP contribution in [0.15, 0.2) is 0 Å². The van der Waals surface area contributed by atoms with Crippen molar-refractivity contribution < 1.29 is 0 Å². The zero-order chi connectivity index (χ0) is 13.6. The van der Waals surface area contributed by atoms with Gasteiger partial charge in [0.15, 0.2) is 0 Å². The summed E-state index contributed by atoms with van der Waals surface area (Å²) in [6.07, 6.45) is 6.74. The van der Waals surface area contributed by atoms with Crippen molar-refractivity contribution in [3.8, 4) is 0 Å². The van der Waals surface area contributed by atoms with Crippen molar-refractivity contribution in [2.24, 2.45) is 5.92 Å². The lowest BCUT2D eigenvalue weighted by Gasteiger charge is -2.43. The van der Waals surface area contributed by atoms with E-state index in [1.807, 2.05) is 0 Å². The van der Waals surface area contributed by atoms with Crippen LogP contribution in [0.3, 0.4) is 0 Å². The molecule has 108 valence electrons. The highest BCUT2D eigenvalue weighted by atomic mass is 15.2. The lowest BCUT2D eigenvalue weighted by Crippen LogP contribution is -2.57. The monoisotopic (exact) mass is 254 g/mol. The number of nitrogens with zero attached hydrogens (tertiary/aromatic N) is 1. The predicted molar refractivity (Wildman–Crippen MR) is 81.0 cm³/mol. The number of hydrogen-bond donors (Lipinski definition) is 1. The maximum absolute atomic E-state index is 3.75. The summed E-state index contributed by atoms with van der Waals surface area (Å²) < 4.78 is 0. The van der Waals surface area contributed by atoms with Crippen molar-refractivity contribution in [3.05, 3.63) is 0 Å². The Morgan fingerprint density at radius 1 is 1.17 bits per heavy atom. The molecule has 1 saturated heterocycles. The maximum atomic E-state index is 3.75. The van der Waals surface area contributed by atoms with Gasteiger partial charge in [-0.15, -0.1) is 0 Å². The Morgan fingerprint density at radius 2 is 1.78 bits per heavy atom. The summed E-state index contributed by atoms with van der Waals surface area (Å²) in [5, 5.41) is 3.75. The third kappa shape index (κ3) is 4.24. The van der Waals surface area contributed by atoms with Gasteiger partial charge in [0.05, 0.1) is 0 Å². The summed E-state index contributed by atoms with van der Waals surface area (Å²) >= 11 is 0. The van der Waals surface area contributed by atoms with Gasteiger partial charge in [0.1, 0.15) is 0 Å². The van der Waals surface area contributed by atoms with Crippen molar-refractivity contribution >= 4 is 0 Å². The van der Waals surface area contributed by atoms with Gasteiger partial charge in [-0.2, -0.15) is 0 Å². The molecular formula is C16H34N2. The second-order valence-electron chi connectivity index (χ2n) is 6.59. The topological polar surface area (TPSA) is 15.3 Å². The minimum Gasteiger partial charge on any atom is -0.312 e. The van der Waals surface area contributed by atoms with Crippen molar-refractivity contribution in [1.82, 2.24) is 10.2 Å². The van der Waals surface area contributed by atoms with E-state index in [9.17, 15) is 0 Å². The zero-order valence-corrected chi connectivity index (χ0v) is 13.3. The lowest BCUT2D eigenvalue weighted by molar-refractivity contribution is 0.0949. The predicted octanol–water partition coefficient (Wildman–Crippen LogP) is 3.67. The molecule has 0 radical (unpaired) electrons. The van der Waals surface area contributed by atoms with Crippen molar-refractivity contribution in [2.75, 3.05) is 19.6 Å². The number of likely N-dealkylation sites (N-methyl/N-ethyl adjacent to an activating group) is 1. The van der Waals surface area contributed by atoms with Crippen LogP contribution in [-0.2, 0) is 0 Å². The van der Waals surface area contributed by atoms with Gasteiger partial charge >= 0.3 is 0 Å². The molecule has 0 saturated carbocycles. The SMILES string of the molecule is CCCC(C)CC(NCC)C(C)(C)N1CCCC1. The Bertz CT molecular complexity index is 219. The molecule has 2 heteroatoms. The van der Waals surface area contributed by atoms with Crippen molar-refractivity contribution in [2.45, 2.75) is 78.3 Å². The Balaban J connectivity index is 2.62. The minimum atomic E-state index is 0.300. The molecule has 1 aliphatic heterocycles. The first-order valence-electron chi connectivity index (χ1n) is 8.00. The van der Waals surface area contributed by atoms with E-state index in [2.05, 4.69) is 44.8 Å². The van der Waals surface area contributed by atoms with Gasteiger partial charge in [0.25, 0.3) is 0 Å². The highest BCUT2D eigenvalue weighted by Crippen LogP contribution is 2.28. The van der Waals surface area contributed by atoms with Gasteiger partial charge in [-0.1, -0.05) is 33.6 Å². The van der Waals surface area contributed by atoms with Crippen molar-refractivity contribution in [3.63, 3.8) is 0 Å². The van der Waals surface area contributed by atoms with E-state index in [-0.39, 0.29) is 0 Å². The largest absolute Gasteiger partial charge is 0.312 e. The third-order valence-electron chi connectivity index (χ3n) is 4.64. The van der Waals surface area contributed by atoms with Crippen LogP contribution in [-0.4, -0.2) is 36.1 Å². The van der Waals surface area contributed by atoms with Crippen LogP contribution >= 0.6 is 0 Å². The summed E-state index contributed by atoms with van der Waals surface area (Å²) in [5.74, 6) is 0.834. The van der Waals surface area contributed by atoms with Gasteiger partial charge in [0.2, 0.25) is 0 Å². The highest BCUT2D eigenvalue weighted by molar-refractivity contribution is 4.95. The van der Waals surface area contributed by atoms with Crippen LogP contribution in [0.25, 0.3) is 0 Å². The Hall–Kier alpha value is -0.0800. The molecule has 0 aromatic heterocycles. The Kier molecular flexibility index (Phi) is 6.65. The fourth-order valence-electron chi connectivity index (χ4n) is 3.39. The second kappa shape index (κ2) is 7.49. The molecule has 1 fully saturated rings. The molecule has 1 N–H and O–H groups in total. The summed E-state index contributed by atoms with van der Waals surface area (Å²) in [6.45, 7) is 15.5. The molecule has 1 aliphatic rings. The Labute approximate surface area is 115 Å². The zero-order valence-electron chi connectivity index (χ0n) is 13.3. The average molecular weight is 254 g/mol. The summed E-state index contributed by atoms with van der Waals surface area (Å²) in [4.78, 5) is 2.69. The maximum Gasteiger partial charge on any atom is 0.0306 e. The molecule has 0 aromatic carbocycles. The van der Waals surface area contributed by atoms with Gasteiger partial charge in [-0.3, -0.25) is 4.90 Å². The first-order valence-corrected chi connectivity index (χ1v) is 8.00. The quantitative estimate of drug-likeness (QED) is 0.711. The first-order chi connectivity index (χ1) is 8.52. The van der Waals surface area contributed by atoms with Crippen LogP contribution in [0.2, 0.25) is 0 Å². The molecule has 18 heavy (non-hydrogen) atoms. The van der Waals surface area contributed by atoms with E-state index >= 15 is 0 Å². The van der Waals surface area contributed by atoms with E-state index in [1.165, 1.54) is 45.2 Å². The van der Waals surface area contributed by atoms with Crippen LogP contribution in [0.4, 0.5) is 0 Å². The van der Waals surface area contributed by atoms with E-state index < -0.39 is 0 Å². The molecule has 0 bridgehead atoms. The number of hydrogen-bond acceptors (Lipinski definition) is 2. The van der Waals surface area contributed by atoms with Gasteiger partial charge in [-0.05, 0) is 58.7 Å². The van der Waals surface area contributed by atoms with Crippen LogP contribution < -0.4 is 5.32 Å². The average Bonchev–Trinajstić information content (AvgIpc) is 2.82. The molecule has 2 nitrogen and oxygen atoms in total. The molecule has 1 heterocycles. The fourth-order valence-corrected chi connectivity index (χ4v) is 3.39. The normalized spacial score (nSPS) is 21.2. The van der Waals surface area contributed by atoms with Gasteiger partial charge in [0, 0.05) is 11.6 Å². The number of nitrogens with one attached hydrogen (secondary N) is 1. The van der Waals surface area contributed by atoms with E-state index in [1.54, 1.807) is 0 Å². The summed E-state index contributed by atoms with van der Waals surface area (Å²) in [7, 11) is 0. The lowest BCUT2D eigenvalue weighted by atomic mass is 9.84. The molecule has 1 rings (SSSR count).